The predicted octanol–water partition coefficient (Wildman–Crippen LogP) is 3.19. The van der Waals surface area contributed by atoms with E-state index in [1.807, 2.05) is 19.2 Å². The van der Waals surface area contributed by atoms with E-state index in [2.05, 4.69) is 15.6 Å². The summed E-state index contributed by atoms with van der Waals surface area (Å²) in [5, 5.41) is 19.1. The number of hydrogen-bond acceptors (Lipinski definition) is 5. The Morgan fingerprint density at radius 3 is 2.92 bits per heavy atom. The first kappa shape index (κ1) is 17.0. The van der Waals surface area contributed by atoms with Gasteiger partial charge in [-0.2, -0.15) is 0 Å². The molecule has 0 unspecified atom stereocenters. The lowest BCUT2D eigenvalue weighted by Gasteiger charge is -2.22. The number of urea groups is 1. The van der Waals surface area contributed by atoms with Crippen LogP contribution >= 0.6 is 11.3 Å². The smallest absolute Gasteiger partial charge is 0.315 e. The summed E-state index contributed by atoms with van der Waals surface area (Å²) in [5.41, 5.74) is -0.375. The summed E-state index contributed by atoms with van der Waals surface area (Å²) in [4.78, 5) is 16.7. The molecule has 0 aromatic carbocycles. The number of nitrogens with zero attached hydrogens (tertiary/aromatic N) is 1. The van der Waals surface area contributed by atoms with Gasteiger partial charge in [0, 0.05) is 11.3 Å². The Hall–Kier alpha value is -1.86. The number of aliphatic hydroxyl groups is 1. The van der Waals surface area contributed by atoms with E-state index in [1.165, 1.54) is 12.8 Å². The fourth-order valence-corrected chi connectivity index (χ4v) is 3.49. The fraction of sp³-hybridized carbons (Fsp3) is 0.529. The molecular weight excluding hydrogens is 326 g/mol. The molecule has 3 N–H and O–H groups in total. The van der Waals surface area contributed by atoms with Gasteiger partial charge < -0.3 is 20.2 Å². The third kappa shape index (κ3) is 3.96. The van der Waals surface area contributed by atoms with Crippen molar-refractivity contribution in [2.75, 3.05) is 6.54 Å². The fourth-order valence-electron chi connectivity index (χ4n) is 2.40. The normalized spacial score (nSPS) is 18.0. The first-order chi connectivity index (χ1) is 11.3. The van der Waals surface area contributed by atoms with Crippen molar-refractivity contribution in [2.45, 2.75) is 51.2 Å². The van der Waals surface area contributed by atoms with Crippen molar-refractivity contribution in [3.63, 3.8) is 0 Å². The van der Waals surface area contributed by atoms with Gasteiger partial charge in [-0.05, 0) is 45.7 Å². The van der Waals surface area contributed by atoms with Gasteiger partial charge in [0.2, 0.25) is 0 Å². The average Bonchev–Trinajstić information content (AvgIpc) is 3.08. The molecule has 2 atom stereocenters. The van der Waals surface area contributed by atoms with E-state index in [0.29, 0.717) is 11.7 Å². The molecule has 1 fully saturated rings. The van der Waals surface area contributed by atoms with Gasteiger partial charge in [-0.3, -0.25) is 0 Å². The molecule has 2 aromatic rings. The third-order valence-electron chi connectivity index (χ3n) is 4.12. The van der Waals surface area contributed by atoms with Crippen LogP contribution in [-0.2, 0) is 5.60 Å². The van der Waals surface area contributed by atoms with Crippen LogP contribution in [0.1, 0.15) is 60.9 Å². The highest BCUT2D eigenvalue weighted by Gasteiger charge is 2.29. The zero-order chi connectivity index (χ0) is 17.3. The Morgan fingerprint density at radius 2 is 2.29 bits per heavy atom. The molecule has 2 heterocycles. The van der Waals surface area contributed by atoms with Gasteiger partial charge in [0.1, 0.15) is 17.1 Å². The molecule has 1 aliphatic carbocycles. The second kappa shape index (κ2) is 6.57. The van der Waals surface area contributed by atoms with Crippen molar-refractivity contribution < 1.29 is 14.3 Å². The van der Waals surface area contributed by atoms with E-state index < -0.39 is 5.60 Å². The Morgan fingerprint density at radius 1 is 1.54 bits per heavy atom. The average molecular weight is 349 g/mol. The molecule has 1 aliphatic rings. The monoisotopic (exact) mass is 349 g/mol. The highest BCUT2D eigenvalue weighted by molar-refractivity contribution is 7.09. The molecule has 6 nitrogen and oxygen atoms in total. The molecular formula is C17H23N3O3S. The Kier molecular flexibility index (Phi) is 4.64. The van der Waals surface area contributed by atoms with E-state index in [-0.39, 0.29) is 18.6 Å². The number of carbonyl (C=O) groups excluding carboxylic acids is 1. The summed E-state index contributed by atoms with van der Waals surface area (Å²) < 4.78 is 5.43. The molecule has 0 aliphatic heterocycles. The summed E-state index contributed by atoms with van der Waals surface area (Å²) in [7, 11) is 0. The number of amides is 2. The Labute approximate surface area is 145 Å². The summed E-state index contributed by atoms with van der Waals surface area (Å²) in [6.07, 6.45) is 2.44. The van der Waals surface area contributed by atoms with Crippen LogP contribution in [0.5, 0.6) is 0 Å². The van der Waals surface area contributed by atoms with Crippen LogP contribution in [-0.4, -0.2) is 22.7 Å². The van der Waals surface area contributed by atoms with Crippen LogP contribution < -0.4 is 10.6 Å². The van der Waals surface area contributed by atoms with Crippen molar-refractivity contribution >= 4 is 17.4 Å². The molecule has 0 saturated heterocycles. The lowest BCUT2D eigenvalue weighted by Crippen LogP contribution is -2.44. The third-order valence-corrected chi connectivity index (χ3v) is 5.15. The number of furan rings is 1. The van der Waals surface area contributed by atoms with Gasteiger partial charge in [0.05, 0.1) is 23.3 Å². The van der Waals surface area contributed by atoms with Crippen LogP contribution in [0.15, 0.2) is 21.9 Å². The van der Waals surface area contributed by atoms with Crippen molar-refractivity contribution in [1.29, 1.82) is 0 Å². The molecule has 7 heteroatoms. The van der Waals surface area contributed by atoms with Crippen molar-refractivity contribution in [3.8, 4) is 0 Å². The molecule has 130 valence electrons. The largest absolute Gasteiger partial charge is 0.463 e. The lowest BCUT2D eigenvalue weighted by molar-refractivity contribution is 0.0359. The van der Waals surface area contributed by atoms with Crippen LogP contribution in [0.4, 0.5) is 4.79 Å². The number of nitrogens with one attached hydrogen (secondary N) is 2. The second-order valence-corrected chi connectivity index (χ2v) is 7.51. The predicted molar refractivity (Wildman–Crippen MR) is 92.1 cm³/mol. The summed E-state index contributed by atoms with van der Waals surface area (Å²) in [5.74, 6) is 1.77. The quantitative estimate of drug-likeness (QED) is 0.747. The van der Waals surface area contributed by atoms with Gasteiger partial charge in [0.25, 0.3) is 0 Å². The molecule has 2 amide bonds. The number of aromatic nitrogens is 1. The molecule has 2 aromatic heterocycles. The molecule has 0 spiro atoms. The maximum absolute atomic E-state index is 12.1. The van der Waals surface area contributed by atoms with Gasteiger partial charge in [0.15, 0.2) is 0 Å². The van der Waals surface area contributed by atoms with Crippen molar-refractivity contribution in [1.82, 2.24) is 15.6 Å². The number of hydrogen-bond donors (Lipinski definition) is 3. The molecule has 24 heavy (non-hydrogen) atoms. The van der Waals surface area contributed by atoms with E-state index in [9.17, 15) is 9.90 Å². The van der Waals surface area contributed by atoms with Gasteiger partial charge in [-0.25, -0.2) is 9.78 Å². The first-order valence-electron chi connectivity index (χ1n) is 8.14. The van der Waals surface area contributed by atoms with Crippen LogP contribution in [0, 0.1) is 6.92 Å². The molecule has 0 radical (unpaired) electrons. The maximum atomic E-state index is 12.1. The Balaban J connectivity index is 1.51. The van der Waals surface area contributed by atoms with Gasteiger partial charge in [-0.15, -0.1) is 11.3 Å². The zero-order valence-electron chi connectivity index (χ0n) is 14.1. The Bertz CT molecular complexity index is 718. The van der Waals surface area contributed by atoms with Crippen LogP contribution in [0.25, 0.3) is 0 Å². The summed E-state index contributed by atoms with van der Waals surface area (Å²) in [6, 6.07) is 2.98. The van der Waals surface area contributed by atoms with E-state index in [1.54, 1.807) is 30.4 Å². The highest BCUT2D eigenvalue weighted by atomic mass is 32.1. The first-order valence-corrected chi connectivity index (χ1v) is 9.02. The molecule has 0 bridgehead atoms. The summed E-state index contributed by atoms with van der Waals surface area (Å²) >= 11 is 1.66. The topological polar surface area (TPSA) is 87.4 Å². The number of carbonyl (C=O) groups is 1. The van der Waals surface area contributed by atoms with Crippen LogP contribution in [0.3, 0.4) is 0 Å². The standard InChI is InChI=1S/C17H23N3O3S/c1-10-4-7-14(23-10)17(3,22)9-18-16(21)19-11(2)13-8-24-15(20-13)12-5-6-12/h4,7-8,11-12,22H,5-6,9H2,1-3H3,(H2,18,19,21)/t11-,17-/m0/s1. The minimum absolute atomic E-state index is 0.0584. The number of aryl methyl sites for hydroxylation is 1. The maximum Gasteiger partial charge on any atom is 0.315 e. The number of thiazole rings is 1. The van der Waals surface area contributed by atoms with Gasteiger partial charge >= 0.3 is 6.03 Å². The van der Waals surface area contributed by atoms with Crippen molar-refractivity contribution in [3.05, 3.63) is 39.7 Å². The molecule has 3 rings (SSSR count). The van der Waals surface area contributed by atoms with E-state index in [0.717, 1.165) is 16.5 Å². The minimum atomic E-state index is -1.26. The molecule has 1 saturated carbocycles. The van der Waals surface area contributed by atoms with Crippen molar-refractivity contribution in [2.24, 2.45) is 0 Å². The summed E-state index contributed by atoms with van der Waals surface area (Å²) in [6.45, 7) is 5.38. The van der Waals surface area contributed by atoms with Crippen LogP contribution in [0.2, 0.25) is 0 Å². The van der Waals surface area contributed by atoms with E-state index in [4.69, 9.17) is 4.42 Å². The second-order valence-electron chi connectivity index (χ2n) is 6.62. The number of rotatable bonds is 6. The SMILES string of the molecule is Cc1ccc([C@@](C)(O)CNC(=O)N[C@@H](C)c2csc(C3CC3)n2)o1. The van der Waals surface area contributed by atoms with Gasteiger partial charge in [-0.1, -0.05) is 0 Å². The minimum Gasteiger partial charge on any atom is -0.463 e. The van der Waals surface area contributed by atoms with E-state index >= 15 is 0 Å². The highest BCUT2D eigenvalue weighted by Crippen LogP contribution is 2.41. The lowest BCUT2D eigenvalue weighted by atomic mass is 10.0. The zero-order valence-corrected chi connectivity index (χ0v) is 14.9.